The second-order valence-corrected chi connectivity index (χ2v) is 5.87. The van der Waals surface area contributed by atoms with Crippen LogP contribution < -0.4 is 0 Å². The van der Waals surface area contributed by atoms with Crippen molar-refractivity contribution in [2.75, 3.05) is 0 Å². The number of aromatic nitrogens is 3. The van der Waals surface area contributed by atoms with Crippen LogP contribution in [0.5, 0.6) is 11.5 Å². The van der Waals surface area contributed by atoms with Crippen molar-refractivity contribution in [1.82, 2.24) is 14.8 Å². The highest BCUT2D eigenvalue weighted by Gasteiger charge is 2.11. The Morgan fingerprint density at radius 2 is 1.80 bits per heavy atom. The average molecular weight is 356 g/mol. The smallest absolute Gasteiger partial charge is 0.164 e. The molecule has 0 amide bonds. The molecule has 0 bridgehead atoms. The molecule has 0 fully saturated rings. The molecule has 7 heteroatoms. The van der Waals surface area contributed by atoms with Gasteiger partial charge in [-0.3, -0.25) is 0 Å². The topological polar surface area (TPSA) is 71.2 Å². The predicted molar refractivity (Wildman–Crippen MR) is 92.6 cm³/mol. The molecule has 0 unspecified atom stereocenters. The quantitative estimate of drug-likeness (QED) is 0.562. The summed E-state index contributed by atoms with van der Waals surface area (Å²) >= 11 is 5.95. The maximum absolute atomic E-state index is 13.2. The number of hydrogen-bond donors (Lipinski definition) is 2. The summed E-state index contributed by atoms with van der Waals surface area (Å²) in [5, 5.41) is 23.6. The van der Waals surface area contributed by atoms with Gasteiger partial charge in [-0.1, -0.05) is 11.6 Å². The fourth-order valence-electron chi connectivity index (χ4n) is 2.58. The number of benzene rings is 2. The third-order valence-electron chi connectivity index (χ3n) is 3.84. The number of halogens is 2. The molecule has 2 aromatic heterocycles. The highest BCUT2D eigenvalue weighted by Crippen LogP contribution is 2.30. The molecular formula is C18H11ClFN3O2. The lowest BCUT2D eigenvalue weighted by molar-refractivity contribution is 0.432. The maximum atomic E-state index is 13.2. The van der Waals surface area contributed by atoms with Crippen LogP contribution in [-0.2, 0) is 0 Å². The molecule has 0 spiro atoms. The second-order valence-electron chi connectivity index (χ2n) is 5.46. The molecule has 4 aromatic rings. The molecule has 2 heterocycles. The minimum absolute atomic E-state index is 0.00966. The number of phenolic OH excluding ortho intramolecular Hbond substituents is 2. The molecule has 0 saturated heterocycles. The lowest BCUT2D eigenvalue weighted by Crippen LogP contribution is -1.96. The zero-order valence-corrected chi connectivity index (χ0v) is 13.4. The van der Waals surface area contributed by atoms with Gasteiger partial charge in [-0.2, -0.15) is 5.10 Å². The first-order valence-electron chi connectivity index (χ1n) is 7.35. The van der Waals surface area contributed by atoms with Crippen molar-refractivity contribution in [1.29, 1.82) is 0 Å². The summed E-state index contributed by atoms with van der Waals surface area (Å²) in [6.45, 7) is 0. The van der Waals surface area contributed by atoms with E-state index in [4.69, 9.17) is 11.6 Å². The minimum Gasteiger partial charge on any atom is -0.506 e. The van der Waals surface area contributed by atoms with E-state index in [1.165, 1.54) is 24.3 Å². The average Bonchev–Trinajstić information content (AvgIpc) is 3.03. The Morgan fingerprint density at radius 1 is 0.960 bits per heavy atom. The summed E-state index contributed by atoms with van der Waals surface area (Å²) < 4.78 is 14.8. The van der Waals surface area contributed by atoms with Crippen molar-refractivity contribution in [2.45, 2.75) is 0 Å². The van der Waals surface area contributed by atoms with Gasteiger partial charge >= 0.3 is 0 Å². The van der Waals surface area contributed by atoms with E-state index >= 15 is 0 Å². The van der Waals surface area contributed by atoms with Crippen molar-refractivity contribution in [3.63, 3.8) is 0 Å². The molecular weight excluding hydrogens is 345 g/mol. The molecule has 0 aliphatic heterocycles. The highest BCUT2D eigenvalue weighted by atomic mass is 35.5. The van der Waals surface area contributed by atoms with Gasteiger partial charge in [-0.15, -0.1) is 0 Å². The van der Waals surface area contributed by atoms with Gasteiger partial charge in [0.05, 0.1) is 28.1 Å². The molecule has 0 radical (unpaired) electrons. The number of rotatable bonds is 2. The van der Waals surface area contributed by atoms with Crippen LogP contribution in [0.25, 0.3) is 28.0 Å². The Morgan fingerprint density at radius 3 is 2.56 bits per heavy atom. The van der Waals surface area contributed by atoms with E-state index in [1.54, 1.807) is 29.1 Å². The summed E-state index contributed by atoms with van der Waals surface area (Å²) in [6.07, 6.45) is 1.58. The number of fused-ring (bicyclic) bond motifs is 1. The minimum atomic E-state index is -0.690. The molecule has 2 N–H and O–H groups in total. The first-order chi connectivity index (χ1) is 12.0. The summed E-state index contributed by atoms with van der Waals surface area (Å²) in [7, 11) is 0. The van der Waals surface area contributed by atoms with Gasteiger partial charge in [0.2, 0.25) is 0 Å². The normalized spacial score (nSPS) is 11.1. The van der Waals surface area contributed by atoms with Crippen LogP contribution in [0, 0.1) is 5.82 Å². The van der Waals surface area contributed by atoms with E-state index in [1.807, 2.05) is 6.07 Å². The van der Waals surface area contributed by atoms with Crippen molar-refractivity contribution in [3.05, 3.63) is 65.6 Å². The van der Waals surface area contributed by atoms with Gasteiger partial charge < -0.3 is 10.2 Å². The van der Waals surface area contributed by atoms with E-state index in [2.05, 4.69) is 10.1 Å². The fourth-order valence-corrected chi connectivity index (χ4v) is 2.76. The van der Waals surface area contributed by atoms with Crippen LogP contribution in [0.15, 0.2) is 54.7 Å². The van der Waals surface area contributed by atoms with Crippen molar-refractivity contribution >= 4 is 22.6 Å². The Balaban J connectivity index is 1.81. The summed E-state index contributed by atoms with van der Waals surface area (Å²) in [6, 6.07) is 12.5. The largest absolute Gasteiger partial charge is 0.506 e. The van der Waals surface area contributed by atoms with Crippen LogP contribution >= 0.6 is 11.6 Å². The first-order valence-corrected chi connectivity index (χ1v) is 7.73. The van der Waals surface area contributed by atoms with Crippen LogP contribution in [0.3, 0.4) is 0 Å². The Kier molecular flexibility index (Phi) is 3.54. The van der Waals surface area contributed by atoms with Crippen molar-refractivity contribution in [3.8, 4) is 28.4 Å². The lowest BCUT2D eigenvalue weighted by Gasteiger charge is -2.06. The molecule has 0 atom stereocenters. The van der Waals surface area contributed by atoms with Crippen LogP contribution in [0.2, 0.25) is 5.02 Å². The van der Waals surface area contributed by atoms with E-state index < -0.39 is 11.6 Å². The zero-order valence-electron chi connectivity index (χ0n) is 12.7. The van der Waals surface area contributed by atoms with Crippen molar-refractivity contribution in [2.24, 2.45) is 0 Å². The summed E-state index contributed by atoms with van der Waals surface area (Å²) in [5.74, 6) is -1.12. The van der Waals surface area contributed by atoms with Gasteiger partial charge in [-0.25, -0.2) is 14.1 Å². The van der Waals surface area contributed by atoms with E-state index in [9.17, 15) is 14.6 Å². The molecule has 0 aliphatic rings. The summed E-state index contributed by atoms with van der Waals surface area (Å²) in [5.41, 5.74) is 3.30. The Hall–Kier alpha value is -3.12. The van der Waals surface area contributed by atoms with Gasteiger partial charge in [0.15, 0.2) is 11.6 Å². The molecule has 25 heavy (non-hydrogen) atoms. The van der Waals surface area contributed by atoms with E-state index in [-0.39, 0.29) is 10.8 Å². The highest BCUT2D eigenvalue weighted by molar-refractivity contribution is 6.32. The number of aromatic hydroxyl groups is 2. The zero-order chi connectivity index (χ0) is 17.6. The Bertz CT molecular complexity index is 1110. The monoisotopic (exact) mass is 355 g/mol. The van der Waals surface area contributed by atoms with Gasteiger partial charge in [-0.05, 0) is 42.5 Å². The third kappa shape index (κ3) is 2.66. The lowest BCUT2D eigenvalue weighted by atomic mass is 10.1. The van der Waals surface area contributed by atoms with Crippen molar-refractivity contribution < 1.29 is 14.6 Å². The van der Waals surface area contributed by atoms with Gasteiger partial charge in [0, 0.05) is 11.6 Å². The molecule has 4 rings (SSSR count). The molecule has 5 nitrogen and oxygen atoms in total. The molecule has 124 valence electrons. The van der Waals surface area contributed by atoms with Gasteiger partial charge in [0.1, 0.15) is 11.3 Å². The maximum Gasteiger partial charge on any atom is 0.164 e. The first kappa shape index (κ1) is 15.4. The fraction of sp³-hybridized carbons (Fsp3) is 0. The predicted octanol–water partition coefficient (Wildman–Crippen LogP) is 4.29. The number of hydrogen-bond acceptors (Lipinski definition) is 4. The molecule has 0 saturated carbocycles. The number of phenols is 2. The SMILES string of the molecule is Oc1cc(-n2ncc3nc(-c4ccc(O)c(Cl)c4)ccc32)ccc1F. The van der Waals surface area contributed by atoms with E-state index in [0.717, 1.165) is 5.56 Å². The molecule has 0 aliphatic carbocycles. The van der Waals surface area contributed by atoms with E-state index in [0.29, 0.717) is 22.4 Å². The second kappa shape index (κ2) is 5.75. The standard InChI is InChI=1S/C18H11ClFN3O2/c19-12-7-10(1-6-17(12)24)14-4-5-16-15(22-14)9-21-23(16)11-2-3-13(20)18(25)8-11/h1-9,24-25H. The Labute approximate surface area is 146 Å². The number of pyridine rings is 1. The van der Waals surface area contributed by atoms with Crippen LogP contribution in [-0.4, -0.2) is 25.0 Å². The third-order valence-corrected chi connectivity index (χ3v) is 4.15. The number of nitrogens with zero attached hydrogens (tertiary/aromatic N) is 3. The summed E-state index contributed by atoms with van der Waals surface area (Å²) in [4.78, 5) is 4.54. The van der Waals surface area contributed by atoms with Crippen LogP contribution in [0.4, 0.5) is 4.39 Å². The van der Waals surface area contributed by atoms with Gasteiger partial charge in [0.25, 0.3) is 0 Å². The van der Waals surface area contributed by atoms with Crippen LogP contribution in [0.1, 0.15) is 0 Å². The molecule has 2 aromatic carbocycles.